The number of halogens is 4. The Morgan fingerprint density at radius 1 is 0.939 bits per heavy atom. The molecule has 0 saturated carbocycles. The van der Waals surface area contributed by atoms with Gasteiger partial charge in [0, 0.05) is 16.8 Å². The molecule has 1 aromatic heterocycles. The zero-order valence-corrected chi connectivity index (χ0v) is 16.9. The van der Waals surface area contributed by atoms with Crippen LogP contribution in [0, 0.1) is 5.82 Å². The summed E-state index contributed by atoms with van der Waals surface area (Å²) >= 11 is 0. The predicted molar refractivity (Wildman–Crippen MR) is 112 cm³/mol. The Balaban J connectivity index is 1.38. The maximum Gasteiger partial charge on any atom is 0.573 e. The number of nitrogens with one attached hydrogen (secondary N) is 1. The molecule has 4 rings (SSSR count). The molecule has 3 aromatic carbocycles. The molecule has 6 nitrogen and oxygen atoms in total. The molecule has 0 saturated heterocycles. The highest BCUT2D eigenvalue weighted by Gasteiger charge is 2.31. The first-order chi connectivity index (χ1) is 15.7. The highest BCUT2D eigenvalue weighted by atomic mass is 19.4. The molecule has 168 valence electrons. The summed E-state index contributed by atoms with van der Waals surface area (Å²) in [5, 5.41) is 10.9. The van der Waals surface area contributed by atoms with E-state index >= 15 is 0 Å². The Bertz CT molecular complexity index is 1240. The first kappa shape index (κ1) is 22.0. The van der Waals surface area contributed by atoms with Gasteiger partial charge in [0.2, 0.25) is 0 Å². The zero-order chi connectivity index (χ0) is 23.4. The van der Waals surface area contributed by atoms with Crippen molar-refractivity contribution in [2.24, 2.45) is 0 Å². The molecule has 10 heteroatoms. The molecule has 0 bridgehead atoms. The van der Waals surface area contributed by atoms with Gasteiger partial charge in [-0.05, 0) is 54.1 Å². The van der Waals surface area contributed by atoms with Gasteiger partial charge >= 0.3 is 6.36 Å². The average molecular weight is 456 g/mol. The van der Waals surface area contributed by atoms with Gasteiger partial charge in [0.1, 0.15) is 17.3 Å². The zero-order valence-electron chi connectivity index (χ0n) is 16.9. The maximum absolute atomic E-state index is 13.0. The van der Waals surface area contributed by atoms with Gasteiger partial charge in [-0.1, -0.05) is 29.5 Å². The van der Waals surface area contributed by atoms with Gasteiger partial charge < -0.3 is 10.1 Å². The van der Waals surface area contributed by atoms with Crippen molar-refractivity contribution in [3.05, 3.63) is 95.9 Å². The Morgan fingerprint density at radius 3 is 2.24 bits per heavy atom. The van der Waals surface area contributed by atoms with Crippen molar-refractivity contribution >= 4 is 11.6 Å². The van der Waals surface area contributed by atoms with Gasteiger partial charge in [-0.25, -0.2) is 9.07 Å². The van der Waals surface area contributed by atoms with Crippen LogP contribution in [0.5, 0.6) is 5.75 Å². The van der Waals surface area contributed by atoms with Crippen LogP contribution in [-0.4, -0.2) is 27.3 Å². The van der Waals surface area contributed by atoms with Crippen LogP contribution >= 0.6 is 0 Å². The Labute approximate surface area is 185 Å². The number of carbonyl (C=O) groups excluding carboxylic acids is 1. The number of carbonyl (C=O) groups is 1. The fourth-order valence-electron chi connectivity index (χ4n) is 3.02. The van der Waals surface area contributed by atoms with Crippen molar-refractivity contribution < 1.29 is 27.1 Å². The van der Waals surface area contributed by atoms with E-state index in [-0.39, 0.29) is 11.4 Å². The van der Waals surface area contributed by atoms with Crippen LogP contribution in [-0.2, 0) is 6.54 Å². The minimum absolute atomic E-state index is 0.178. The second-order valence-corrected chi connectivity index (χ2v) is 7.03. The second-order valence-electron chi connectivity index (χ2n) is 7.03. The van der Waals surface area contributed by atoms with Crippen LogP contribution in [0.2, 0.25) is 0 Å². The molecule has 0 spiro atoms. The number of anilines is 1. The van der Waals surface area contributed by atoms with Gasteiger partial charge in [-0.2, -0.15) is 0 Å². The standard InChI is InChI=1S/C23H16F4N4O2/c24-18-7-1-15(2-8-18)13-31-14-21(29-30-31)16-3-9-19(10-4-16)28-22(32)17-5-11-20(12-6-17)33-23(25,26)27/h1-12,14H,13H2,(H,28,32). The molecule has 1 N–H and O–H groups in total. The molecule has 1 heterocycles. The van der Waals surface area contributed by atoms with Crippen molar-refractivity contribution in [3.8, 4) is 17.0 Å². The van der Waals surface area contributed by atoms with Crippen molar-refractivity contribution in [2.45, 2.75) is 12.9 Å². The minimum atomic E-state index is -4.79. The Morgan fingerprint density at radius 2 is 1.61 bits per heavy atom. The third-order valence-corrected chi connectivity index (χ3v) is 4.59. The number of ether oxygens (including phenoxy) is 1. The molecule has 0 radical (unpaired) electrons. The van der Waals surface area contributed by atoms with E-state index in [0.29, 0.717) is 17.9 Å². The molecule has 0 unspecified atom stereocenters. The third-order valence-electron chi connectivity index (χ3n) is 4.59. The molecular formula is C23H16F4N4O2. The second kappa shape index (κ2) is 9.11. The molecule has 4 aromatic rings. The summed E-state index contributed by atoms with van der Waals surface area (Å²) in [6.07, 6.45) is -3.04. The third kappa shape index (κ3) is 5.94. The number of amides is 1. The summed E-state index contributed by atoms with van der Waals surface area (Å²) in [6.45, 7) is 0.439. The Kier molecular flexibility index (Phi) is 6.07. The summed E-state index contributed by atoms with van der Waals surface area (Å²) in [4.78, 5) is 12.3. The molecule has 0 aliphatic rings. The number of rotatable bonds is 6. The van der Waals surface area contributed by atoms with E-state index < -0.39 is 18.0 Å². The number of hydrogen-bond acceptors (Lipinski definition) is 4. The van der Waals surface area contributed by atoms with E-state index in [2.05, 4.69) is 20.4 Å². The molecule has 0 atom stereocenters. The van der Waals surface area contributed by atoms with Crippen LogP contribution in [0.1, 0.15) is 15.9 Å². The molecule has 0 fully saturated rings. The smallest absolute Gasteiger partial charge is 0.406 e. The Hall–Kier alpha value is -4.21. The quantitative estimate of drug-likeness (QED) is 0.401. The van der Waals surface area contributed by atoms with E-state index in [1.807, 2.05) is 0 Å². The summed E-state index contributed by atoms with van der Waals surface area (Å²) < 4.78 is 55.1. The van der Waals surface area contributed by atoms with Gasteiger partial charge in [0.15, 0.2) is 0 Å². The van der Waals surface area contributed by atoms with Gasteiger partial charge in [-0.15, -0.1) is 18.3 Å². The van der Waals surface area contributed by atoms with E-state index in [9.17, 15) is 22.4 Å². The van der Waals surface area contributed by atoms with Gasteiger partial charge in [0.05, 0.1) is 12.7 Å². The highest BCUT2D eigenvalue weighted by molar-refractivity contribution is 6.04. The first-order valence-corrected chi connectivity index (χ1v) is 9.67. The lowest BCUT2D eigenvalue weighted by Gasteiger charge is -2.09. The molecule has 1 amide bonds. The van der Waals surface area contributed by atoms with Crippen LogP contribution in [0.15, 0.2) is 79.0 Å². The highest BCUT2D eigenvalue weighted by Crippen LogP contribution is 2.24. The van der Waals surface area contributed by atoms with Crippen molar-refractivity contribution in [1.82, 2.24) is 15.0 Å². The number of benzene rings is 3. The molecular weight excluding hydrogens is 440 g/mol. The molecule has 0 aliphatic heterocycles. The summed E-state index contributed by atoms with van der Waals surface area (Å²) in [5.41, 5.74) is 2.95. The van der Waals surface area contributed by atoms with Crippen LogP contribution in [0.4, 0.5) is 23.2 Å². The fraction of sp³-hybridized carbons (Fsp3) is 0.0870. The lowest BCUT2D eigenvalue weighted by atomic mass is 10.1. The first-order valence-electron chi connectivity index (χ1n) is 9.67. The molecule has 0 aliphatic carbocycles. The average Bonchev–Trinajstić information content (AvgIpc) is 3.24. The van der Waals surface area contributed by atoms with Crippen LogP contribution in [0.3, 0.4) is 0 Å². The van der Waals surface area contributed by atoms with E-state index in [1.165, 1.54) is 24.3 Å². The van der Waals surface area contributed by atoms with E-state index in [1.54, 1.807) is 47.3 Å². The predicted octanol–water partition coefficient (Wildman–Crippen LogP) is 5.28. The van der Waals surface area contributed by atoms with Crippen molar-refractivity contribution in [1.29, 1.82) is 0 Å². The topological polar surface area (TPSA) is 69.0 Å². The van der Waals surface area contributed by atoms with Crippen molar-refractivity contribution in [3.63, 3.8) is 0 Å². The number of nitrogens with zero attached hydrogens (tertiary/aromatic N) is 3. The normalized spacial score (nSPS) is 11.3. The molecule has 33 heavy (non-hydrogen) atoms. The minimum Gasteiger partial charge on any atom is -0.406 e. The SMILES string of the molecule is O=C(Nc1ccc(-c2cn(Cc3ccc(F)cc3)nn2)cc1)c1ccc(OC(F)(F)F)cc1. The number of hydrogen-bond donors (Lipinski definition) is 1. The summed E-state index contributed by atoms with van der Waals surface area (Å²) in [7, 11) is 0. The lowest BCUT2D eigenvalue weighted by molar-refractivity contribution is -0.274. The van der Waals surface area contributed by atoms with Crippen molar-refractivity contribution in [2.75, 3.05) is 5.32 Å². The van der Waals surface area contributed by atoms with E-state index in [4.69, 9.17) is 0 Å². The van der Waals surface area contributed by atoms with E-state index in [0.717, 1.165) is 23.3 Å². The number of aromatic nitrogens is 3. The van der Waals surface area contributed by atoms with Gasteiger partial charge in [-0.3, -0.25) is 4.79 Å². The largest absolute Gasteiger partial charge is 0.573 e. The summed E-state index contributed by atoms with van der Waals surface area (Å²) in [5.74, 6) is -1.19. The lowest BCUT2D eigenvalue weighted by Crippen LogP contribution is -2.17. The van der Waals surface area contributed by atoms with Crippen LogP contribution < -0.4 is 10.1 Å². The van der Waals surface area contributed by atoms with Gasteiger partial charge in [0.25, 0.3) is 5.91 Å². The maximum atomic E-state index is 13.0. The fourth-order valence-corrected chi connectivity index (χ4v) is 3.02. The monoisotopic (exact) mass is 456 g/mol. The number of alkyl halides is 3. The van der Waals surface area contributed by atoms with Crippen LogP contribution in [0.25, 0.3) is 11.3 Å². The summed E-state index contributed by atoms with van der Waals surface area (Å²) in [6, 6.07) is 17.6.